The van der Waals surface area contributed by atoms with E-state index in [1.165, 1.54) is 0 Å². The van der Waals surface area contributed by atoms with Crippen LogP contribution in [0.4, 0.5) is 0 Å². The molecule has 0 N–H and O–H groups in total. The maximum Gasteiger partial charge on any atom is 0.265 e. The van der Waals surface area contributed by atoms with Crippen molar-refractivity contribution < 1.29 is 14.3 Å². The SMILES string of the molecule is O=C1Cc2ccccc2C=C1Br.O=c1c(Br)cc2ccccc2n1CC1OCCO1. The highest BCUT2D eigenvalue weighted by atomic mass is 79.9. The second-order valence-corrected chi connectivity index (χ2v) is 8.64. The van der Waals surface area contributed by atoms with Crippen molar-refractivity contribution in [3.05, 3.63) is 85.0 Å². The second kappa shape index (κ2) is 9.39. The summed E-state index contributed by atoms with van der Waals surface area (Å²) >= 11 is 6.54. The molecule has 5 rings (SSSR count). The van der Waals surface area contributed by atoms with Crippen LogP contribution in [0.1, 0.15) is 11.1 Å². The van der Waals surface area contributed by atoms with Crippen LogP contribution in [0.3, 0.4) is 0 Å². The summed E-state index contributed by atoms with van der Waals surface area (Å²) in [5.74, 6) is 0.161. The van der Waals surface area contributed by atoms with E-state index in [0.29, 0.717) is 35.1 Å². The van der Waals surface area contributed by atoms with E-state index in [9.17, 15) is 9.59 Å². The lowest BCUT2D eigenvalue weighted by molar-refractivity contribution is -0.114. The number of rotatable bonds is 2. The summed E-state index contributed by atoms with van der Waals surface area (Å²) in [6, 6.07) is 17.6. The predicted octanol–water partition coefficient (Wildman–Crippen LogP) is 4.68. The van der Waals surface area contributed by atoms with Gasteiger partial charge in [0.25, 0.3) is 5.56 Å². The molecule has 1 aliphatic heterocycles. The minimum absolute atomic E-state index is 0.0622. The molecule has 2 aliphatic rings. The third kappa shape index (κ3) is 4.64. The van der Waals surface area contributed by atoms with E-state index in [4.69, 9.17) is 9.47 Å². The molecule has 2 heterocycles. The zero-order chi connectivity index (χ0) is 21.1. The van der Waals surface area contributed by atoms with E-state index in [2.05, 4.69) is 31.9 Å². The number of ketones is 1. The molecule has 30 heavy (non-hydrogen) atoms. The second-order valence-electron chi connectivity index (χ2n) is 6.93. The van der Waals surface area contributed by atoms with Crippen LogP contribution < -0.4 is 5.56 Å². The Morgan fingerprint density at radius 2 is 1.67 bits per heavy atom. The molecule has 0 atom stereocenters. The van der Waals surface area contributed by atoms with Crippen molar-refractivity contribution in [2.24, 2.45) is 0 Å². The maximum absolute atomic E-state index is 12.2. The van der Waals surface area contributed by atoms with Crippen molar-refractivity contribution in [1.29, 1.82) is 0 Å². The van der Waals surface area contributed by atoms with Gasteiger partial charge < -0.3 is 14.0 Å². The monoisotopic (exact) mass is 531 g/mol. The molecule has 1 aliphatic carbocycles. The summed E-state index contributed by atoms with van der Waals surface area (Å²) in [6.07, 6.45) is 2.06. The standard InChI is InChI=1S/C13H12BrNO3.C10H7BrO/c14-10-7-9-3-1-2-4-11(9)15(13(10)16)8-12-17-5-6-18-12;11-9-5-7-3-1-2-4-8(7)6-10(9)12/h1-4,7,12H,5-6,8H2;1-5H,6H2. The lowest BCUT2D eigenvalue weighted by atomic mass is 9.97. The van der Waals surface area contributed by atoms with Crippen LogP contribution in [-0.2, 0) is 27.2 Å². The van der Waals surface area contributed by atoms with Gasteiger partial charge in [0.2, 0.25) is 0 Å². The third-order valence-corrected chi connectivity index (χ3v) is 6.18. The number of Topliss-reactive ketones (excluding diaryl/α,β-unsaturated/α-hetero) is 1. The number of fused-ring (bicyclic) bond motifs is 2. The van der Waals surface area contributed by atoms with Gasteiger partial charge in [-0.1, -0.05) is 42.5 Å². The fourth-order valence-corrected chi connectivity index (χ4v) is 4.29. The van der Waals surface area contributed by atoms with Gasteiger partial charge >= 0.3 is 0 Å². The quantitative estimate of drug-likeness (QED) is 0.480. The van der Waals surface area contributed by atoms with Crippen LogP contribution in [0.25, 0.3) is 17.0 Å². The summed E-state index contributed by atoms with van der Waals surface area (Å²) in [7, 11) is 0. The van der Waals surface area contributed by atoms with Crippen molar-refractivity contribution in [3.8, 4) is 0 Å². The van der Waals surface area contributed by atoms with Crippen molar-refractivity contribution in [2.75, 3.05) is 13.2 Å². The van der Waals surface area contributed by atoms with Crippen LogP contribution in [0.5, 0.6) is 0 Å². The van der Waals surface area contributed by atoms with Crippen molar-refractivity contribution in [1.82, 2.24) is 4.57 Å². The Kier molecular flexibility index (Phi) is 6.63. The number of benzene rings is 2. The fourth-order valence-electron chi connectivity index (χ4n) is 3.45. The lowest BCUT2D eigenvalue weighted by Gasteiger charge is -2.14. The molecule has 7 heteroatoms. The first-order chi connectivity index (χ1) is 14.5. The highest BCUT2D eigenvalue weighted by molar-refractivity contribution is 9.12. The number of allylic oxidation sites excluding steroid dienone is 1. The Morgan fingerprint density at radius 1 is 0.967 bits per heavy atom. The Balaban J connectivity index is 0.000000158. The summed E-state index contributed by atoms with van der Waals surface area (Å²) < 4.78 is 13.7. The smallest absolute Gasteiger partial charge is 0.265 e. The first-order valence-electron chi connectivity index (χ1n) is 9.52. The first-order valence-corrected chi connectivity index (χ1v) is 11.1. The predicted molar refractivity (Wildman–Crippen MR) is 124 cm³/mol. The number of para-hydroxylation sites is 1. The van der Waals surface area contributed by atoms with Gasteiger partial charge in [-0.05, 0) is 66.6 Å². The summed E-state index contributed by atoms with van der Waals surface area (Å²) in [4.78, 5) is 23.4. The van der Waals surface area contributed by atoms with Crippen molar-refractivity contribution in [2.45, 2.75) is 19.3 Å². The van der Waals surface area contributed by atoms with E-state index in [-0.39, 0.29) is 17.6 Å². The number of carbonyl (C=O) groups is 1. The van der Waals surface area contributed by atoms with E-state index in [0.717, 1.165) is 22.0 Å². The van der Waals surface area contributed by atoms with Gasteiger partial charge in [-0.3, -0.25) is 9.59 Å². The fraction of sp³-hybridized carbons (Fsp3) is 0.217. The Labute approximate surface area is 190 Å². The molecule has 0 amide bonds. The lowest BCUT2D eigenvalue weighted by Crippen LogP contribution is -2.27. The van der Waals surface area contributed by atoms with Crippen LogP contribution in [0.2, 0.25) is 0 Å². The zero-order valence-electron chi connectivity index (χ0n) is 16.0. The molecule has 0 bridgehead atoms. The van der Waals surface area contributed by atoms with Gasteiger partial charge in [0.05, 0.1) is 34.2 Å². The van der Waals surface area contributed by atoms with Gasteiger partial charge in [0.15, 0.2) is 12.1 Å². The van der Waals surface area contributed by atoms with E-state index in [1.54, 1.807) is 4.57 Å². The molecule has 0 spiro atoms. The molecule has 154 valence electrons. The molecule has 0 saturated carbocycles. The number of pyridine rings is 1. The Bertz CT molecular complexity index is 1180. The van der Waals surface area contributed by atoms with Gasteiger partial charge in [-0.25, -0.2) is 0 Å². The normalized spacial score (nSPS) is 16.1. The van der Waals surface area contributed by atoms with E-state index >= 15 is 0 Å². The van der Waals surface area contributed by atoms with Crippen LogP contribution in [0.15, 0.2) is 68.3 Å². The number of hydrogen-bond acceptors (Lipinski definition) is 4. The Morgan fingerprint density at radius 3 is 2.47 bits per heavy atom. The molecule has 5 nitrogen and oxygen atoms in total. The number of carbonyl (C=O) groups excluding carboxylic acids is 1. The van der Waals surface area contributed by atoms with Gasteiger partial charge in [0.1, 0.15) is 0 Å². The molecule has 0 unspecified atom stereocenters. The van der Waals surface area contributed by atoms with E-state index < -0.39 is 0 Å². The van der Waals surface area contributed by atoms with Gasteiger partial charge in [-0.15, -0.1) is 0 Å². The average molecular weight is 533 g/mol. The molecule has 1 saturated heterocycles. The average Bonchev–Trinajstić information content (AvgIpc) is 3.26. The molecule has 1 fully saturated rings. The third-order valence-electron chi connectivity index (χ3n) is 4.94. The number of hydrogen-bond donors (Lipinski definition) is 0. The molecule has 1 aromatic heterocycles. The molecule has 0 radical (unpaired) electrons. The minimum atomic E-state index is -0.333. The largest absolute Gasteiger partial charge is 0.348 e. The minimum Gasteiger partial charge on any atom is -0.348 e. The number of halogens is 2. The highest BCUT2D eigenvalue weighted by Crippen LogP contribution is 2.24. The van der Waals surface area contributed by atoms with Gasteiger partial charge in [0, 0.05) is 6.42 Å². The first kappa shape index (κ1) is 21.2. The van der Waals surface area contributed by atoms with Crippen LogP contribution >= 0.6 is 31.9 Å². The molecular formula is C23H19Br2NO4. The summed E-state index contributed by atoms with van der Waals surface area (Å²) in [6.45, 7) is 1.59. The molecule has 2 aromatic carbocycles. The highest BCUT2D eigenvalue weighted by Gasteiger charge is 2.19. The number of aromatic nitrogens is 1. The van der Waals surface area contributed by atoms with Gasteiger partial charge in [-0.2, -0.15) is 0 Å². The molecule has 3 aromatic rings. The van der Waals surface area contributed by atoms with Crippen LogP contribution in [-0.4, -0.2) is 29.9 Å². The summed E-state index contributed by atoms with van der Waals surface area (Å²) in [5.41, 5.74) is 3.09. The van der Waals surface area contributed by atoms with Crippen molar-refractivity contribution in [3.63, 3.8) is 0 Å². The maximum atomic E-state index is 12.2. The number of nitrogens with zero attached hydrogens (tertiary/aromatic N) is 1. The van der Waals surface area contributed by atoms with Crippen molar-refractivity contribution >= 4 is 54.6 Å². The molecular weight excluding hydrogens is 514 g/mol. The summed E-state index contributed by atoms with van der Waals surface area (Å²) in [5, 5.41) is 1.02. The van der Waals surface area contributed by atoms with E-state index in [1.807, 2.05) is 60.7 Å². The zero-order valence-corrected chi connectivity index (χ0v) is 19.2. The number of ether oxygens (including phenoxy) is 2. The van der Waals surface area contributed by atoms with Crippen LogP contribution in [0, 0.1) is 0 Å². The Hall–Kier alpha value is -2.06. The topological polar surface area (TPSA) is 57.5 Å².